The number of ether oxygens (including phenoxy) is 2. The largest absolute Gasteiger partial charge is 0.493 e. The Morgan fingerprint density at radius 3 is 2.18 bits per heavy atom. The molecule has 0 aliphatic heterocycles. The average molecular weight is 340 g/mol. The molecular formula is C14H13IO2. The van der Waals surface area contributed by atoms with E-state index in [-0.39, 0.29) is 0 Å². The van der Waals surface area contributed by atoms with Gasteiger partial charge in [0.1, 0.15) is 0 Å². The van der Waals surface area contributed by atoms with Crippen LogP contribution in [0, 0.1) is 3.57 Å². The summed E-state index contributed by atoms with van der Waals surface area (Å²) in [4.78, 5) is 0. The van der Waals surface area contributed by atoms with Crippen molar-refractivity contribution in [3.8, 4) is 22.6 Å². The van der Waals surface area contributed by atoms with Crippen molar-refractivity contribution >= 4 is 22.6 Å². The van der Waals surface area contributed by atoms with Gasteiger partial charge in [-0.15, -0.1) is 0 Å². The standard InChI is InChI=1S/C14H13IO2/c1-16-12-9-8-11(15)13(14(12)17-2)10-6-4-3-5-7-10/h3-9H,1-2H3. The van der Waals surface area contributed by atoms with Crippen molar-refractivity contribution in [2.24, 2.45) is 0 Å². The van der Waals surface area contributed by atoms with Gasteiger partial charge < -0.3 is 9.47 Å². The molecule has 0 heterocycles. The minimum Gasteiger partial charge on any atom is -0.493 e. The first-order valence-electron chi connectivity index (χ1n) is 5.24. The van der Waals surface area contributed by atoms with Crippen molar-refractivity contribution < 1.29 is 9.47 Å². The lowest BCUT2D eigenvalue weighted by Gasteiger charge is -2.14. The van der Waals surface area contributed by atoms with Crippen molar-refractivity contribution in [2.45, 2.75) is 0 Å². The third-order valence-electron chi connectivity index (χ3n) is 2.56. The van der Waals surface area contributed by atoms with E-state index in [9.17, 15) is 0 Å². The first kappa shape index (κ1) is 12.2. The molecule has 2 nitrogen and oxygen atoms in total. The van der Waals surface area contributed by atoms with Crippen molar-refractivity contribution in [3.63, 3.8) is 0 Å². The third kappa shape index (κ3) is 2.39. The molecule has 0 unspecified atom stereocenters. The van der Waals surface area contributed by atoms with Gasteiger partial charge in [0.15, 0.2) is 11.5 Å². The van der Waals surface area contributed by atoms with E-state index >= 15 is 0 Å². The number of methoxy groups -OCH3 is 2. The highest BCUT2D eigenvalue weighted by molar-refractivity contribution is 14.1. The molecule has 0 atom stereocenters. The first-order chi connectivity index (χ1) is 8.27. The fourth-order valence-electron chi connectivity index (χ4n) is 1.78. The van der Waals surface area contributed by atoms with E-state index in [2.05, 4.69) is 34.7 Å². The molecule has 0 saturated heterocycles. The van der Waals surface area contributed by atoms with Crippen LogP contribution in [-0.4, -0.2) is 14.2 Å². The summed E-state index contributed by atoms with van der Waals surface area (Å²) in [5.74, 6) is 1.54. The molecule has 2 rings (SSSR count). The molecule has 0 bridgehead atoms. The SMILES string of the molecule is COc1ccc(I)c(-c2ccccc2)c1OC. The van der Waals surface area contributed by atoms with E-state index in [1.807, 2.05) is 30.3 Å². The molecule has 17 heavy (non-hydrogen) atoms. The normalized spacial score (nSPS) is 10.1. The summed E-state index contributed by atoms with van der Waals surface area (Å²) in [6.45, 7) is 0. The lowest BCUT2D eigenvalue weighted by molar-refractivity contribution is 0.356. The van der Waals surface area contributed by atoms with Gasteiger partial charge in [0.05, 0.1) is 14.2 Å². The Bertz CT molecular complexity index is 509. The quantitative estimate of drug-likeness (QED) is 0.787. The van der Waals surface area contributed by atoms with Crippen LogP contribution < -0.4 is 9.47 Å². The average Bonchev–Trinajstić information content (AvgIpc) is 2.39. The fraction of sp³-hybridized carbons (Fsp3) is 0.143. The van der Waals surface area contributed by atoms with Crippen LogP contribution in [0.5, 0.6) is 11.5 Å². The number of benzene rings is 2. The lowest BCUT2D eigenvalue weighted by atomic mass is 10.0. The number of halogens is 1. The summed E-state index contributed by atoms with van der Waals surface area (Å²) in [6, 6.07) is 14.1. The van der Waals surface area contributed by atoms with Gasteiger partial charge in [-0.3, -0.25) is 0 Å². The second-order valence-corrected chi connectivity index (χ2v) is 4.69. The molecule has 2 aromatic carbocycles. The molecule has 0 aliphatic carbocycles. The Kier molecular flexibility index (Phi) is 3.89. The van der Waals surface area contributed by atoms with Crippen LogP contribution in [0.25, 0.3) is 11.1 Å². The predicted molar refractivity (Wildman–Crippen MR) is 77.7 cm³/mol. The maximum atomic E-state index is 5.47. The molecule has 0 spiro atoms. The van der Waals surface area contributed by atoms with Gasteiger partial charge in [-0.2, -0.15) is 0 Å². The van der Waals surface area contributed by atoms with E-state index in [0.29, 0.717) is 0 Å². The Morgan fingerprint density at radius 2 is 1.59 bits per heavy atom. The van der Waals surface area contributed by atoms with Gasteiger partial charge in [0.25, 0.3) is 0 Å². The summed E-state index contributed by atoms with van der Waals surface area (Å²) in [5, 5.41) is 0. The molecule has 3 heteroatoms. The molecule has 2 aromatic rings. The summed E-state index contributed by atoms with van der Waals surface area (Å²) in [5.41, 5.74) is 2.21. The van der Waals surface area contributed by atoms with Crippen LogP contribution in [0.4, 0.5) is 0 Å². The Balaban J connectivity index is 2.67. The number of hydrogen-bond acceptors (Lipinski definition) is 2. The molecule has 0 N–H and O–H groups in total. The minimum atomic E-state index is 0.756. The van der Waals surface area contributed by atoms with Crippen molar-refractivity contribution in [2.75, 3.05) is 14.2 Å². The van der Waals surface area contributed by atoms with Crippen LogP contribution in [0.1, 0.15) is 0 Å². The Labute approximate surface area is 115 Å². The molecule has 0 aromatic heterocycles. The summed E-state index contributed by atoms with van der Waals surface area (Å²) < 4.78 is 11.9. The zero-order valence-corrected chi connectivity index (χ0v) is 11.9. The van der Waals surface area contributed by atoms with Gasteiger partial charge >= 0.3 is 0 Å². The second kappa shape index (κ2) is 5.40. The zero-order valence-electron chi connectivity index (χ0n) is 9.74. The Hall–Kier alpha value is -1.23. The van der Waals surface area contributed by atoms with Crippen LogP contribution in [-0.2, 0) is 0 Å². The molecular weight excluding hydrogens is 327 g/mol. The maximum absolute atomic E-state index is 5.47. The first-order valence-corrected chi connectivity index (χ1v) is 6.31. The van der Waals surface area contributed by atoms with Gasteiger partial charge in [-0.05, 0) is 40.3 Å². The zero-order chi connectivity index (χ0) is 12.3. The number of hydrogen-bond donors (Lipinski definition) is 0. The smallest absolute Gasteiger partial charge is 0.169 e. The highest BCUT2D eigenvalue weighted by atomic mass is 127. The summed E-state index contributed by atoms with van der Waals surface area (Å²) in [7, 11) is 3.32. The van der Waals surface area contributed by atoms with Crippen LogP contribution in [0.15, 0.2) is 42.5 Å². The summed E-state index contributed by atoms with van der Waals surface area (Å²) >= 11 is 2.31. The Morgan fingerprint density at radius 1 is 0.882 bits per heavy atom. The molecule has 0 saturated carbocycles. The molecule has 0 fully saturated rings. The van der Waals surface area contributed by atoms with E-state index in [1.165, 1.54) is 0 Å². The van der Waals surface area contributed by atoms with Crippen molar-refractivity contribution in [3.05, 3.63) is 46.0 Å². The van der Waals surface area contributed by atoms with E-state index in [0.717, 1.165) is 26.2 Å². The summed E-state index contributed by atoms with van der Waals surface area (Å²) in [6.07, 6.45) is 0. The molecule has 0 aliphatic rings. The highest BCUT2D eigenvalue weighted by Gasteiger charge is 2.14. The van der Waals surface area contributed by atoms with Gasteiger partial charge in [-0.25, -0.2) is 0 Å². The van der Waals surface area contributed by atoms with Crippen molar-refractivity contribution in [1.29, 1.82) is 0 Å². The van der Waals surface area contributed by atoms with Gasteiger partial charge in [0.2, 0.25) is 0 Å². The predicted octanol–water partition coefficient (Wildman–Crippen LogP) is 3.98. The van der Waals surface area contributed by atoms with Gasteiger partial charge in [0, 0.05) is 9.13 Å². The lowest BCUT2D eigenvalue weighted by Crippen LogP contribution is -1.95. The minimum absolute atomic E-state index is 0.756. The van der Waals surface area contributed by atoms with E-state index < -0.39 is 0 Å². The van der Waals surface area contributed by atoms with Crippen molar-refractivity contribution in [1.82, 2.24) is 0 Å². The number of rotatable bonds is 3. The topological polar surface area (TPSA) is 18.5 Å². The van der Waals surface area contributed by atoms with Gasteiger partial charge in [-0.1, -0.05) is 30.3 Å². The van der Waals surface area contributed by atoms with E-state index in [1.54, 1.807) is 14.2 Å². The molecule has 88 valence electrons. The fourth-order valence-corrected chi connectivity index (χ4v) is 2.51. The van der Waals surface area contributed by atoms with Crippen LogP contribution in [0.2, 0.25) is 0 Å². The maximum Gasteiger partial charge on any atom is 0.169 e. The van der Waals surface area contributed by atoms with E-state index in [4.69, 9.17) is 9.47 Å². The third-order valence-corrected chi connectivity index (χ3v) is 3.46. The second-order valence-electron chi connectivity index (χ2n) is 3.52. The van der Waals surface area contributed by atoms with Crippen LogP contribution in [0.3, 0.4) is 0 Å². The van der Waals surface area contributed by atoms with Crippen LogP contribution >= 0.6 is 22.6 Å². The monoisotopic (exact) mass is 340 g/mol. The molecule has 0 amide bonds. The highest BCUT2D eigenvalue weighted by Crippen LogP contribution is 2.40. The molecule has 0 radical (unpaired) electrons.